The van der Waals surface area contributed by atoms with Crippen LogP contribution in [0.4, 0.5) is 0 Å². The number of nitrogens with one attached hydrogen (secondary N) is 1. The standard InChI is InChI=1S/C10H16N2O4/c13-8-3-1-2-6(8)12-5-9(14)11-4-7(12)10(15)16/h6-8,13H,1-5H2,(H,11,14)(H,15,16). The lowest BCUT2D eigenvalue weighted by molar-refractivity contribution is -0.148. The van der Waals surface area contributed by atoms with Gasteiger partial charge in [-0.3, -0.25) is 14.5 Å². The van der Waals surface area contributed by atoms with Gasteiger partial charge in [0.2, 0.25) is 5.91 Å². The van der Waals surface area contributed by atoms with Crippen LogP contribution in [0.2, 0.25) is 0 Å². The van der Waals surface area contributed by atoms with Crippen LogP contribution >= 0.6 is 0 Å². The molecule has 2 fully saturated rings. The summed E-state index contributed by atoms with van der Waals surface area (Å²) in [5, 5.41) is 21.4. The number of amides is 1. The fraction of sp³-hybridized carbons (Fsp3) is 0.800. The predicted molar refractivity (Wildman–Crippen MR) is 54.8 cm³/mol. The second-order valence-electron chi connectivity index (χ2n) is 4.40. The lowest BCUT2D eigenvalue weighted by atomic mass is 10.1. The molecule has 3 unspecified atom stereocenters. The quantitative estimate of drug-likeness (QED) is 0.551. The fourth-order valence-electron chi connectivity index (χ4n) is 2.54. The van der Waals surface area contributed by atoms with Crippen molar-refractivity contribution in [2.24, 2.45) is 0 Å². The molecule has 0 aromatic rings. The molecule has 1 saturated carbocycles. The molecule has 0 bridgehead atoms. The van der Waals surface area contributed by atoms with Gasteiger partial charge in [-0.2, -0.15) is 0 Å². The van der Waals surface area contributed by atoms with E-state index < -0.39 is 18.1 Å². The smallest absolute Gasteiger partial charge is 0.322 e. The van der Waals surface area contributed by atoms with Crippen molar-refractivity contribution in [2.45, 2.75) is 37.5 Å². The summed E-state index contributed by atoms with van der Waals surface area (Å²) < 4.78 is 0. The highest BCUT2D eigenvalue weighted by Gasteiger charge is 2.40. The number of carbonyl (C=O) groups excluding carboxylic acids is 1. The Bertz CT molecular complexity index is 307. The SMILES string of the molecule is O=C1CN(C2CCCC2O)C(C(=O)O)CN1. The zero-order valence-corrected chi connectivity index (χ0v) is 8.93. The average molecular weight is 228 g/mol. The highest BCUT2D eigenvalue weighted by molar-refractivity contribution is 5.83. The summed E-state index contributed by atoms with van der Waals surface area (Å²) in [5.41, 5.74) is 0. The summed E-state index contributed by atoms with van der Waals surface area (Å²) in [6, 6.07) is -0.900. The predicted octanol–water partition coefficient (Wildman–Crippen LogP) is -1.22. The van der Waals surface area contributed by atoms with Crippen LogP contribution in [-0.2, 0) is 9.59 Å². The van der Waals surface area contributed by atoms with Gasteiger partial charge in [0.05, 0.1) is 12.6 Å². The van der Waals surface area contributed by atoms with Gasteiger partial charge in [-0.25, -0.2) is 0 Å². The van der Waals surface area contributed by atoms with Crippen molar-refractivity contribution in [1.82, 2.24) is 10.2 Å². The maximum absolute atomic E-state index is 11.3. The Kier molecular flexibility index (Phi) is 3.11. The molecule has 2 rings (SSSR count). The molecule has 16 heavy (non-hydrogen) atoms. The molecule has 90 valence electrons. The third-order valence-electron chi connectivity index (χ3n) is 3.37. The minimum atomic E-state index is -0.945. The Morgan fingerprint density at radius 3 is 2.75 bits per heavy atom. The maximum Gasteiger partial charge on any atom is 0.322 e. The molecular weight excluding hydrogens is 212 g/mol. The highest BCUT2D eigenvalue weighted by Crippen LogP contribution is 2.26. The molecule has 0 radical (unpaired) electrons. The van der Waals surface area contributed by atoms with Crippen molar-refractivity contribution in [1.29, 1.82) is 0 Å². The first kappa shape index (κ1) is 11.3. The molecule has 1 aliphatic carbocycles. The summed E-state index contributed by atoms with van der Waals surface area (Å²) in [6.45, 7) is 0.191. The van der Waals surface area contributed by atoms with Crippen molar-refractivity contribution in [3.8, 4) is 0 Å². The van der Waals surface area contributed by atoms with E-state index in [1.807, 2.05) is 0 Å². The van der Waals surface area contributed by atoms with Crippen LogP contribution in [0, 0.1) is 0 Å². The molecule has 1 amide bonds. The van der Waals surface area contributed by atoms with E-state index in [0.717, 1.165) is 12.8 Å². The number of carbonyl (C=O) groups is 2. The van der Waals surface area contributed by atoms with Crippen molar-refractivity contribution in [2.75, 3.05) is 13.1 Å². The third kappa shape index (κ3) is 2.03. The van der Waals surface area contributed by atoms with E-state index in [1.165, 1.54) is 0 Å². The van der Waals surface area contributed by atoms with Gasteiger partial charge in [0.25, 0.3) is 0 Å². The topological polar surface area (TPSA) is 89.9 Å². The molecule has 6 nitrogen and oxygen atoms in total. The zero-order valence-electron chi connectivity index (χ0n) is 8.93. The van der Waals surface area contributed by atoms with Crippen LogP contribution in [0.25, 0.3) is 0 Å². The number of hydrogen-bond donors (Lipinski definition) is 3. The first-order chi connectivity index (χ1) is 7.59. The van der Waals surface area contributed by atoms with E-state index in [-0.39, 0.29) is 25.0 Å². The van der Waals surface area contributed by atoms with Gasteiger partial charge in [0.1, 0.15) is 6.04 Å². The van der Waals surface area contributed by atoms with E-state index in [0.29, 0.717) is 6.42 Å². The van der Waals surface area contributed by atoms with Crippen LogP contribution in [0.3, 0.4) is 0 Å². The van der Waals surface area contributed by atoms with Gasteiger partial charge in [-0.1, -0.05) is 0 Å². The molecule has 0 aromatic heterocycles. The third-order valence-corrected chi connectivity index (χ3v) is 3.37. The number of carboxylic acids is 1. The number of aliphatic hydroxyl groups excluding tert-OH is 1. The van der Waals surface area contributed by atoms with E-state index >= 15 is 0 Å². The number of rotatable bonds is 2. The Labute approximate surface area is 93.2 Å². The minimum absolute atomic E-state index is 0.0681. The molecule has 3 N–H and O–H groups in total. The minimum Gasteiger partial charge on any atom is -0.480 e. The normalized spacial score (nSPS) is 36.1. The number of nitrogens with zero attached hydrogens (tertiary/aromatic N) is 1. The number of aliphatic hydroxyl groups is 1. The molecule has 2 aliphatic rings. The second kappa shape index (κ2) is 4.39. The summed E-state index contributed by atoms with van der Waals surface area (Å²) in [7, 11) is 0. The van der Waals surface area contributed by atoms with E-state index in [2.05, 4.69) is 5.32 Å². The van der Waals surface area contributed by atoms with Gasteiger partial charge in [-0.05, 0) is 19.3 Å². The van der Waals surface area contributed by atoms with Gasteiger partial charge < -0.3 is 15.5 Å². The zero-order chi connectivity index (χ0) is 11.7. The lowest BCUT2D eigenvalue weighted by Crippen LogP contribution is -2.61. The van der Waals surface area contributed by atoms with Gasteiger partial charge in [0, 0.05) is 12.6 Å². The van der Waals surface area contributed by atoms with Crippen LogP contribution in [0.5, 0.6) is 0 Å². The van der Waals surface area contributed by atoms with Gasteiger partial charge >= 0.3 is 5.97 Å². The van der Waals surface area contributed by atoms with Gasteiger partial charge in [-0.15, -0.1) is 0 Å². The van der Waals surface area contributed by atoms with Crippen molar-refractivity contribution < 1.29 is 19.8 Å². The number of piperazine rings is 1. The highest BCUT2D eigenvalue weighted by atomic mass is 16.4. The van der Waals surface area contributed by atoms with Gasteiger partial charge in [0.15, 0.2) is 0 Å². The van der Waals surface area contributed by atoms with Crippen molar-refractivity contribution >= 4 is 11.9 Å². The maximum atomic E-state index is 11.3. The van der Waals surface area contributed by atoms with Crippen molar-refractivity contribution in [3.63, 3.8) is 0 Å². The first-order valence-electron chi connectivity index (χ1n) is 5.53. The second-order valence-corrected chi connectivity index (χ2v) is 4.40. The van der Waals surface area contributed by atoms with E-state index in [1.54, 1.807) is 4.90 Å². The van der Waals surface area contributed by atoms with Crippen LogP contribution in [0.15, 0.2) is 0 Å². The fourth-order valence-corrected chi connectivity index (χ4v) is 2.54. The molecular formula is C10H16N2O4. The number of carboxylic acid groups (broad SMARTS) is 1. The Balaban J connectivity index is 2.13. The first-order valence-corrected chi connectivity index (χ1v) is 5.53. The summed E-state index contributed by atoms with van der Waals surface area (Å²) >= 11 is 0. The average Bonchev–Trinajstić information content (AvgIpc) is 2.63. The molecule has 1 saturated heterocycles. The molecule has 3 atom stereocenters. The van der Waals surface area contributed by atoms with Crippen molar-refractivity contribution in [3.05, 3.63) is 0 Å². The number of aliphatic carboxylic acids is 1. The monoisotopic (exact) mass is 228 g/mol. The Morgan fingerprint density at radius 2 is 2.19 bits per heavy atom. The van der Waals surface area contributed by atoms with Crippen LogP contribution in [0.1, 0.15) is 19.3 Å². The van der Waals surface area contributed by atoms with Crippen LogP contribution < -0.4 is 5.32 Å². The molecule has 6 heteroatoms. The molecule has 0 spiro atoms. The largest absolute Gasteiger partial charge is 0.480 e. The molecule has 1 heterocycles. The Morgan fingerprint density at radius 1 is 1.44 bits per heavy atom. The van der Waals surface area contributed by atoms with Crippen LogP contribution in [-0.4, -0.2) is 58.3 Å². The summed E-state index contributed by atoms with van der Waals surface area (Å²) in [5.74, 6) is -1.12. The van der Waals surface area contributed by atoms with E-state index in [9.17, 15) is 14.7 Å². The number of hydrogen-bond acceptors (Lipinski definition) is 4. The summed E-state index contributed by atoms with van der Waals surface area (Å²) in [4.78, 5) is 24.0. The Hall–Kier alpha value is -1.14. The molecule has 0 aromatic carbocycles. The molecule has 1 aliphatic heterocycles. The lowest BCUT2D eigenvalue weighted by Gasteiger charge is -2.38. The van der Waals surface area contributed by atoms with E-state index in [4.69, 9.17) is 5.11 Å². The summed E-state index contributed by atoms with van der Waals surface area (Å²) in [6.07, 6.45) is 1.83.